The van der Waals surface area contributed by atoms with Crippen LogP contribution < -0.4 is 5.32 Å². The molecule has 61 heavy (non-hydrogen) atoms. The van der Waals surface area contributed by atoms with Gasteiger partial charge in [0.05, 0.1) is 25.2 Å². The second-order valence-corrected chi connectivity index (χ2v) is 19.0. The summed E-state index contributed by atoms with van der Waals surface area (Å²) in [7, 11) is 0. The van der Waals surface area contributed by atoms with Crippen molar-refractivity contribution >= 4 is 11.9 Å². The third-order valence-corrected chi connectivity index (χ3v) is 12.8. The van der Waals surface area contributed by atoms with Crippen LogP contribution in [-0.4, -0.2) is 46.9 Å². The molecule has 6 nitrogen and oxygen atoms in total. The lowest BCUT2D eigenvalue weighted by Gasteiger charge is -2.24. The van der Waals surface area contributed by atoms with Crippen molar-refractivity contribution in [1.82, 2.24) is 5.32 Å². The standard InChI is InChI=1S/C55H107NO5/c1-4-7-10-13-16-19-22-24-26-27-28-30-33-35-38-41-44-47-53(58)52(50-57)56-54(59)49-51(46-43-40-37-34-32-29-25-23-20-17-14-11-8-5-2)61-55(60)48-45-42-39-36-31-21-18-15-12-9-6-3/h29,32,51-53,57-58H,4-28,30-31,33-50H2,1-3H3,(H,56,59)/b32-29+. The van der Waals surface area contributed by atoms with E-state index >= 15 is 0 Å². The molecule has 0 saturated carbocycles. The molecular formula is C55H107NO5. The SMILES string of the molecule is CCCCCCCCC/C=C/CCCCCC(CC(=O)NC(CO)C(O)CCCCCCCCCCCCCCCCCCC)OC(=O)CCCCCCCCCCCCC. The number of amides is 1. The Morgan fingerprint density at radius 3 is 1.18 bits per heavy atom. The van der Waals surface area contributed by atoms with E-state index in [0.717, 1.165) is 57.8 Å². The number of aliphatic hydroxyl groups is 2. The molecule has 6 heteroatoms. The van der Waals surface area contributed by atoms with Crippen LogP contribution in [0.1, 0.15) is 303 Å². The summed E-state index contributed by atoms with van der Waals surface area (Å²) in [4.78, 5) is 26.1. The Labute approximate surface area is 380 Å². The van der Waals surface area contributed by atoms with Crippen LogP contribution in [0, 0.1) is 0 Å². The largest absolute Gasteiger partial charge is 0.462 e. The first-order chi connectivity index (χ1) is 30.0. The monoisotopic (exact) mass is 862 g/mol. The summed E-state index contributed by atoms with van der Waals surface area (Å²) in [5.41, 5.74) is 0. The highest BCUT2D eigenvalue weighted by Crippen LogP contribution is 2.18. The maximum Gasteiger partial charge on any atom is 0.306 e. The quantitative estimate of drug-likeness (QED) is 0.0322. The van der Waals surface area contributed by atoms with Gasteiger partial charge < -0.3 is 20.3 Å². The van der Waals surface area contributed by atoms with Gasteiger partial charge in [-0.05, 0) is 51.4 Å². The third kappa shape index (κ3) is 45.0. The third-order valence-electron chi connectivity index (χ3n) is 12.8. The summed E-state index contributed by atoms with van der Waals surface area (Å²) in [6, 6.07) is -0.700. The van der Waals surface area contributed by atoms with Crippen molar-refractivity contribution in [2.45, 2.75) is 322 Å². The molecule has 0 aliphatic carbocycles. The lowest BCUT2D eigenvalue weighted by Crippen LogP contribution is -2.46. The van der Waals surface area contributed by atoms with Crippen molar-refractivity contribution in [3.8, 4) is 0 Å². The summed E-state index contributed by atoms with van der Waals surface area (Å²) in [6.45, 7) is 6.50. The van der Waals surface area contributed by atoms with Crippen LogP contribution in [0.5, 0.6) is 0 Å². The van der Waals surface area contributed by atoms with E-state index in [0.29, 0.717) is 19.3 Å². The van der Waals surface area contributed by atoms with Crippen LogP contribution in [0.15, 0.2) is 12.2 Å². The molecule has 0 heterocycles. The molecule has 3 atom stereocenters. The van der Waals surface area contributed by atoms with Crippen LogP contribution in [-0.2, 0) is 14.3 Å². The first-order valence-electron chi connectivity index (χ1n) is 27.4. The molecule has 3 unspecified atom stereocenters. The van der Waals surface area contributed by atoms with Gasteiger partial charge in [-0.3, -0.25) is 9.59 Å². The van der Waals surface area contributed by atoms with Gasteiger partial charge in [-0.2, -0.15) is 0 Å². The van der Waals surface area contributed by atoms with E-state index < -0.39 is 18.2 Å². The normalized spacial score (nSPS) is 13.2. The zero-order chi connectivity index (χ0) is 44.5. The minimum atomic E-state index is -0.786. The van der Waals surface area contributed by atoms with Crippen LogP contribution in [0.4, 0.5) is 0 Å². The predicted octanol–water partition coefficient (Wildman–Crippen LogP) is 16.5. The fourth-order valence-corrected chi connectivity index (χ4v) is 8.66. The Hall–Kier alpha value is -1.40. The first-order valence-corrected chi connectivity index (χ1v) is 27.4. The van der Waals surface area contributed by atoms with Gasteiger partial charge in [0.2, 0.25) is 5.91 Å². The molecule has 0 rings (SSSR count). The minimum absolute atomic E-state index is 0.0741. The zero-order valence-electron chi connectivity index (χ0n) is 41.3. The Morgan fingerprint density at radius 1 is 0.459 bits per heavy atom. The van der Waals surface area contributed by atoms with E-state index in [1.54, 1.807) is 0 Å². The molecule has 0 aliphatic heterocycles. The van der Waals surface area contributed by atoms with Crippen LogP contribution >= 0.6 is 0 Å². The number of allylic oxidation sites excluding steroid dienone is 2. The van der Waals surface area contributed by atoms with Crippen LogP contribution in [0.3, 0.4) is 0 Å². The maximum atomic E-state index is 13.2. The molecule has 0 spiro atoms. The lowest BCUT2D eigenvalue weighted by molar-refractivity contribution is -0.151. The number of carbonyl (C=O) groups is 2. The Bertz CT molecular complexity index is 924. The number of hydrogen-bond acceptors (Lipinski definition) is 5. The van der Waals surface area contributed by atoms with Gasteiger partial charge in [-0.15, -0.1) is 0 Å². The average Bonchev–Trinajstić information content (AvgIpc) is 3.25. The molecule has 0 aliphatic rings. The molecule has 1 amide bonds. The highest BCUT2D eigenvalue weighted by atomic mass is 16.5. The Balaban J connectivity index is 4.48. The molecule has 0 aromatic heterocycles. The number of aliphatic hydroxyl groups excluding tert-OH is 2. The van der Waals surface area contributed by atoms with Gasteiger partial charge in [-0.1, -0.05) is 251 Å². The second kappa shape index (κ2) is 49.6. The molecule has 3 N–H and O–H groups in total. The summed E-state index contributed by atoms with van der Waals surface area (Å²) in [5, 5.41) is 23.8. The summed E-state index contributed by atoms with van der Waals surface area (Å²) in [5.74, 6) is -0.471. The van der Waals surface area contributed by atoms with Crippen molar-refractivity contribution in [2.75, 3.05) is 6.61 Å². The van der Waals surface area contributed by atoms with Crippen molar-refractivity contribution in [3.63, 3.8) is 0 Å². The van der Waals surface area contributed by atoms with E-state index in [2.05, 4.69) is 38.2 Å². The van der Waals surface area contributed by atoms with E-state index in [1.165, 1.54) is 199 Å². The molecular weight excluding hydrogens is 755 g/mol. The van der Waals surface area contributed by atoms with Gasteiger partial charge in [-0.25, -0.2) is 0 Å². The molecule has 0 radical (unpaired) electrons. The molecule has 0 bridgehead atoms. The number of rotatable bonds is 50. The van der Waals surface area contributed by atoms with E-state index in [4.69, 9.17) is 4.74 Å². The molecule has 0 saturated heterocycles. The van der Waals surface area contributed by atoms with Gasteiger partial charge >= 0.3 is 5.97 Å². The molecule has 0 aromatic carbocycles. The van der Waals surface area contributed by atoms with Crippen molar-refractivity contribution in [2.24, 2.45) is 0 Å². The van der Waals surface area contributed by atoms with Crippen molar-refractivity contribution in [3.05, 3.63) is 12.2 Å². The molecule has 0 aromatic rings. The average molecular weight is 862 g/mol. The number of nitrogens with one attached hydrogen (secondary N) is 1. The fraction of sp³-hybridized carbons (Fsp3) is 0.927. The maximum absolute atomic E-state index is 13.2. The molecule has 362 valence electrons. The molecule has 0 fully saturated rings. The highest BCUT2D eigenvalue weighted by molar-refractivity contribution is 5.77. The zero-order valence-corrected chi connectivity index (χ0v) is 41.3. The van der Waals surface area contributed by atoms with Crippen LogP contribution in [0.2, 0.25) is 0 Å². The first kappa shape index (κ1) is 59.6. The van der Waals surface area contributed by atoms with E-state index in [9.17, 15) is 19.8 Å². The number of hydrogen-bond donors (Lipinski definition) is 3. The van der Waals surface area contributed by atoms with Gasteiger partial charge in [0, 0.05) is 6.42 Å². The van der Waals surface area contributed by atoms with Crippen LogP contribution in [0.25, 0.3) is 0 Å². The minimum Gasteiger partial charge on any atom is -0.462 e. The number of ether oxygens (including phenoxy) is 1. The highest BCUT2D eigenvalue weighted by Gasteiger charge is 2.24. The lowest BCUT2D eigenvalue weighted by atomic mass is 10.0. The van der Waals surface area contributed by atoms with E-state index in [-0.39, 0.29) is 24.9 Å². The Kier molecular flexibility index (Phi) is 48.5. The van der Waals surface area contributed by atoms with Crippen molar-refractivity contribution in [1.29, 1.82) is 0 Å². The van der Waals surface area contributed by atoms with Gasteiger partial charge in [0.1, 0.15) is 6.10 Å². The number of unbranched alkanes of at least 4 members (excludes halogenated alkanes) is 36. The Morgan fingerprint density at radius 2 is 0.787 bits per heavy atom. The number of carbonyl (C=O) groups excluding carboxylic acids is 2. The topological polar surface area (TPSA) is 95.9 Å². The smallest absolute Gasteiger partial charge is 0.306 e. The predicted molar refractivity (Wildman–Crippen MR) is 264 cm³/mol. The fourth-order valence-electron chi connectivity index (χ4n) is 8.66. The summed E-state index contributed by atoms with van der Waals surface area (Å²) < 4.78 is 5.93. The van der Waals surface area contributed by atoms with Gasteiger partial charge in [0.15, 0.2) is 0 Å². The van der Waals surface area contributed by atoms with Gasteiger partial charge in [0.25, 0.3) is 0 Å². The number of esters is 1. The van der Waals surface area contributed by atoms with E-state index in [1.807, 2.05) is 0 Å². The summed E-state index contributed by atoms with van der Waals surface area (Å²) >= 11 is 0. The second-order valence-electron chi connectivity index (χ2n) is 19.0. The van der Waals surface area contributed by atoms with Crippen molar-refractivity contribution < 1.29 is 24.5 Å². The summed E-state index contributed by atoms with van der Waals surface area (Å²) in [6.07, 6.45) is 55.6.